The molecular weight excluding hydrogens is 306 g/mol. The van der Waals surface area contributed by atoms with Gasteiger partial charge in [-0.1, -0.05) is 6.58 Å². The number of hydrogen-bond acceptors (Lipinski definition) is 3. The molecule has 2 fully saturated rings. The van der Waals surface area contributed by atoms with Crippen molar-refractivity contribution in [3.05, 3.63) is 42.5 Å². The summed E-state index contributed by atoms with van der Waals surface area (Å²) in [5, 5.41) is 5.62. The van der Waals surface area contributed by atoms with Crippen LogP contribution in [0.1, 0.15) is 36.0 Å². The molecule has 0 bridgehead atoms. The molecule has 1 aliphatic carbocycles. The van der Waals surface area contributed by atoms with E-state index in [1.54, 1.807) is 29.2 Å². The second-order valence-electron chi connectivity index (χ2n) is 6.21. The summed E-state index contributed by atoms with van der Waals surface area (Å²) in [5.41, 5.74) is 1.11. The maximum Gasteiger partial charge on any atom is 0.254 e. The summed E-state index contributed by atoms with van der Waals surface area (Å²) >= 11 is 0. The Balaban J connectivity index is 1.66. The van der Waals surface area contributed by atoms with E-state index < -0.39 is 0 Å². The SMILES string of the molecule is C=CC(=O)Nc1ccc(C(=O)N2CCCC2C(=O)NC2CC2)cc1. The van der Waals surface area contributed by atoms with E-state index in [-0.39, 0.29) is 23.8 Å². The third-order valence-electron chi connectivity index (χ3n) is 4.32. The maximum absolute atomic E-state index is 12.7. The van der Waals surface area contributed by atoms with Crippen LogP contribution in [0.2, 0.25) is 0 Å². The molecule has 126 valence electrons. The Morgan fingerprint density at radius 1 is 1.12 bits per heavy atom. The van der Waals surface area contributed by atoms with Crippen LogP contribution in [0.15, 0.2) is 36.9 Å². The molecule has 1 aromatic carbocycles. The molecule has 1 heterocycles. The van der Waals surface area contributed by atoms with E-state index in [4.69, 9.17) is 0 Å². The number of carbonyl (C=O) groups excluding carboxylic acids is 3. The third-order valence-corrected chi connectivity index (χ3v) is 4.32. The average Bonchev–Trinajstić information content (AvgIpc) is 3.26. The van der Waals surface area contributed by atoms with E-state index in [1.165, 1.54) is 6.08 Å². The van der Waals surface area contributed by atoms with Crippen LogP contribution in [0.3, 0.4) is 0 Å². The molecule has 1 saturated heterocycles. The number of nitrogens with zero attached hydrogens (tertiary/aromatic N) is 1. The molecule has 24 heavy (non-hydrogen) atoms. The highest BCUT2D eigenvalue weighted by molar-refractivity contribution is 6.00. The predicted octanol–water partition coefficient (Wildman–Crippen LogP) is 1.69. The van der Waals surface area contributed by atoms with Gasteiger partial charge in [-0.05, 0) is 56.0 Å². The summed E-state index contributed by atoms with van der Waals surface area (Å²) in [5.74, 6) is -0.492. The molecule has 1 aliphatic heterocycles. The second-order valence-corrected chi connectivity index (χ2v) is 6.21. The smallest absolute Gasteiger partial charge is 0.254 e. The van der Waals surface area contributed by atoms with Gasteiger partial charge >= 0.3 is 0 Å². The highest BCUT2D eigenvalue weighted by Crippen LogP contribution is 2.24. The van der Waals surface area contributed by atoms with Crippen molar-refractivity contribution in [3.8, 4) is 0 Å². The summed E-state index contributed by atoms with van der Waals surface area (Å²) in [6.07, 6.45) is 4.79. The van der Waals surface area contributed by atoms with Gasteiger partial charge in [-0.2, -0.15) is 0 Å². The zero-order chi connectivity index (χ0) is 17.1. The fraction of sp³-hybridized carbons (Fsp3) is 0.389. The zero-order valence-corrected chi connectivity index (χ0v) is 13.5. The summed E-state index contributed by atoms with van der Waals surface area (Å²) in [4.78, 5) is 37.9. The average molecular weight is 327 g/mol. The van der Waals surface area contributed by atoms with Gasteiger partial charge in [0.1, 0.15) is 6.04 Å². The number of rotatable bonds is 5. The van der Waals surface area contributed by atoms with Gasteiger partial charge in [-0.3, -0.25) is 14.4 Å². The van der Waals surface area contributed by atoms with Crippen LogP contribution in [0.4, 0.5) is 5.69 Å². The fourth-order valence-electron chi connectivity index (χ4n) is 2.86. The Bertz CT molecular complexity index is 665. The number of carbonyl (C=O) groups is 3. The van der Waals surface area contributed by atoms with Crippen molar-refractivity contribution < 1.29 is 14.4 Å². The molecule has 2 aliphatic rings. The monoisotopic (exact) mass is 327 g/mol. The van der Waals surface area contributed by atoms with Gasteiger partial charge in [0, 0.05) is 23.8 Å². The molecule has 1 aromatic rings. The second kappa shape index (κ2) is 6.86. The van der Waals surface area contributed by atoms with Crippen molar-refractivity contribution in [3.63, 3.8) is 0 Å². The third kappa shape index (κ3) is 3.64. The number of amides is 3. The quantitative estimate of drug-likeness (QED) is 0.808. The van der Waals surface area contributed by atoms with E-state index in [9.17, 15) is 14.4 Å². The minimum atomic E-state index is -0.377. The summed E-state index contributed by atoms with van der Waals surface area (Å²) in [6.45, 7) is 3.99. The largest absolute Gasteiger partial charge is 0.352 e. The van der Waals surface area contributed by atoms with Crippen LogP contribution in [0.5, 0.6) is 0 Å². The van der Waals surface area contributed by atoms with Gasteiger partial charge < -0.3 is 15.5 Å². The number of likely N-dealkylation sites (tertiary alicyclic amines) is 1. The molecule has 3 amide bonds. The van der Waals surface area contributed by atoms with Crippen LogP contribution in [0.25, 0.3) is 0 Å². The number of hydrogen-bond donors (Lipinski definition) is 2. The first-order valence-electron chi connectivity index (χ1n) is 8.23. The molecule has 3 rings (SSSR count). The molecular formula is C18H21N3O3. The summed E-state index contributed by atoms with van der Waals surface area (Å²) < 4.78 is 0. The van der Waals surface area contributed by atoms with Crippen LogP contribution in [-0.4, -0.2) is 41.2 Å². The first-order chi connectivity index (χ1) is 11.6. The zero-order valence-electron chi connectivity index (χ0n) is 13.5. The Morgan fingerprint density at radius 2 is 1.83 bits per heavy atom. The van der Waals surface area contributed by atoms with Crippen molar-refractivity contribution >= 4 is 23.4 Å². The standard InChI is InChI=1S/C18H21N3O3/c1-2-16(22)19-13-7-5-12(6-8-13)18(24)21-11-3-4-15(21)17(23)20-14-9-10-14/h2,5-8,14-15H,1,3-4,9-11H2,(H,19,22)(H,20,23). The lowest BCUT2D eigenvalue weighted by Gasteiger charge is -2.24. The van der Waals surface area contributed by atoms with Gasteiger partial charge in [0.05, 0.1) is 0 Å². The molecule has 2 N–H and O–H groups in total. The van der Waals surface area contributed by atoms with E-state index in [0.717, 1.165) is 19.3 Å². The molecule has 1 unspecified atom stereocenters. The lowest BCUT2D eigenvalue weighted by atomic mass is 10.1. The molecule has 6 heteroatoms. The lowest BCUT2D eigenvalue weighted by molar-refractivity contribution is -0.125. The Labute approximate surface area is 140 Å². The molecule has 0 radical (unpaired) electrons. The summed E-state index contributed by atoms with van der Waals surface area (Å²) in [7, 11) is 0. The fourth-order valence-corrected chi connectivity index (χ4v) is 2.86. The van der Waals surface area contributed by atoms with Crippen molar-refractivity contribution in [2.75, 3.05) is 11.9 Å². The molecule has 1 saturated carbocycles. The molecule has 0 aromatic heterocycles. The predicted molar refractivity (Wildman–Crippen MR) is 90.5 cm³/mol. The topological polar surface area (TPSA) is 78.5 Å². The highest BCUT2D eigenvalue weighted by Gasteiger charge is 2.36. The Hall–Kier alpha value is -2.63. The maximum atomic E-state index is 12.7. The van der Waals surface area contributed by atoms with E-state index in [0.29, 0.717) is 30.3 Å². The minimum absolute atomic E-state index is 0.0433. The van der Waals surface area contributed by atoms with Crippen molar-refractivity contribution in [1.82, 2.24) is 10.2 Å². The number of nitrogens with one attached hydrogen (secondary N) is 2. The van der Waals surface area contributed by atoms with Crippen molar-refractivity contribution in [1.29, 1.82) is 0 Å². The molecule has 0 spiro atoms. The normalized spacial score (nSPS) is 19.7. The van der Waals surface area contributed by atoms with Crippen LogP contribution < -0.4 is 10.6 Å². The van der Waals surface area contributed by atoms with E-state index >= 15 is 0 Å². The van der Waals surface area contributed by atoms with Gasteiger partial charge in [0.15, 0.2) is 0 Å². The van der Waals surface area contributed by atoms with Crippen molar-refractivity contribution in [2.24, 2.45) is 0 Å². The van der Waals surface area contributed by atoms with Crippen LogP contribution in [-0.2, 0) is 9.59 Å². The van der Waals surface area contributed by atoms with Gasteiger partial charge in [-0.15, -0.1) is 0 Å². The van der Waals surface area contributed by atoms with E-state index in [1.807, 2.05) is 0 Å². The van der Waals surface area contributed by atoms with Crippen LogP contribution >= 0.6 is 0 Å². The van der Waals surface area contributed by atoms with Crippen LogP contribution in [0, 0.1) is 0 Å². The highest BCUT2D eigenvalue weighted by atomic mass is 16.2. The Kier molecular flexibility index (Phi) is 4.64. The lowest BCUT2D eigenvalue weighted by Crippen LogP contribution is -2.46. The molecule has 6 nitrogen and oxygen atoms in total. The Morgan fingerprint density at radius 3 is 2.46 bits per heavy atom. The first kappa shape index (κ1) is 16.2. The summed E-state index contributed by atoms with van der Waals surface area (Å²) in [6, 6.07) is 6.58. The van der Waals surface area contributed by atoms with Gasteiger partial charge in [0.2, 0.25) is 11.8 Å². The molecule has 1 atom stereocenters. The first-order valence-corrected chi connectivity index (χ1v) is 8.23. The van der Waals surface area contributed by atoms with Gasteiger partial charge in [-0.25, -0.2) is 0 Å². The minimum Gasteiger partial charge on any atom is -0.352 e. The number of benzene rings is 1. The van der Waals surface area contributed by atoms with Gasteiger partial charge in [0.25, 0.3) is 5.91 Å². The van der Waals surface area contributed by atoms with Crippen molar-refractivity contribution in [2.45, 2.75) is 37.8 Å². The number of anilines is 1. The van der Waals surface area contributed by atoms with E-state index in [2.05, 4.69) is 17.2 Å².